The van der Waals surface area contributed by atoms with Crippen molar-refractivity contribution in [2.45, 2.75) is 33.6 Å². The topological polar surface area (TPSA) is 196 Å². The van der Waals surface area contributed by atoms with Crippen molar-refractivity contribution in [3.63, 3.8) is 0 Å². The number of nitrogens with zero attached hydrogens (tertiary/aromatic N) is 3. The lowest BCUT2D eigenvalue weighted by Gasteiger charge is -2.24. The molecule has 3 N–H and O–H groups in total. The Labute approximate surface area is 192 Å². The van der Waals surface area contributed by atoms with E-state index in [-0.39, 0.29) is 51.7 Å². The van der Waals surface area contributed by atoms with Crippen molar-refractivity contribution in [1.29, 1.82) is 0 Å². The Morgan fingerprint density at radius 3 is 2.35 bits per heavy atom. The minimum absolute atomic E-state index is 0.0252. The highest BCUT2D eigenvalue weighted by atomic mass is 31.3. The SMILES string of the molecule is CCNC(=O)c1noc(-c2cc(C(C)C)c3cc2OP(=O)(O)OP(=O)(O)O3)c1-c1noc(C)n1. The first-order valence-corrected chi connectivity index (χ1v) is 12.9. The first kappa shape index (κ1) is 24.1. The van der Waals surface area contributed by atoms with Gasteiger partial charge in [-0.05, 0) is 24.5 Å². The van der Waals surface area contributed by atoms with E-state index < -0.39 is 21.6 Å². The summed E-state index contributed by atoms with van der Waals surface area (Å²) in [6, 6.07) is 2.61. The van der Waals surface area contributed by atoms with Crippen molar-refractivity contribution in [2.75, 3.05) is 6.54 Å². The van der Waals surface area contributed by atoms with Crippen LogP contribution in [0.25, 0.3) is 22.7 Å². The third-order valence-electron chi connectivity index (χ3n) is 4.61. The Morgan fingerprint density at radius 1 is 1.09 bits per heavy atom. The van der Waals surface area contributed by atoms with Gasteiger partial charge in [-0.25, -0.2) is 9.13 Å². The summed E-state index contributed by atoms with van der Waals surface area (Å²) in [6.07, 6.45) is 0. The number of carbonyl (C=O) groups is 1. The third kappa shape index (κ3) is 4.63. The van der Waals surface area contributed by atoms with Gasteiger partial charge in [0.05, 0.1) is 5.56 Å². The maximum atomic E-state index is 12.6. The van der Waals surface area contributed by atoms with Gasteiger partial charge in [-0.2, -0.15) is 9.29 Å². The Kier molecular flexibility index (Phi) is 6.13. The van der Waals surface area contributed by atoms with Crippen LogP contribution in [0.15, 0.2) is 21.2 Å². The first-order valence-electron chi connectivity index (χ1n) is 9.93. The second kappa shape index (κ2) is 8.64. The monoisotopic (exact) mass is 514 g/mol. The van der Waals surface area contributed by atoms with Crippen LogP contribution >= 0.6 is 15.6 Å². The van der Waals surface area contributed by atoms with Crippen molar-refractivity contribution in [1.82, 2.24) is 20.6 Å². The summed E-state index contributed by atoms with van der Waals surface area (Å²) in [7, 11) is -10.1. The highest BCUT2D eigenvalue weighted by Gasteiger charge is 2.42. The average Bonchev–Trinajstić information content (AvgIpc) is 3.31. The number of benzene rings is 1. The van der Waals surface area contributed by atoms with Crippen molar-refractivity contribution in [3.8, 4) is 34.2 Å². The molecule has 182 valence electrons. The summed E-state index contributed by atoms with van der Waals surface area (Å²) < 4.78 is 49.4. The number of nitrogens with one attached hydrogen (secondary N) is 1. The highest BCUT2D eigenvalue weighted by Crippen LogP contribution is 2.63. The van der Waals surface area contributed by atoms with Crippen molar-refractivity contribution < 1.29 is 46.1 Å². The summed E-state index contributed by atoms with van der Waals surface area (Å²) in [5, 5.41) is 10.3. The molecule has 1 aromatic carbocycles. The number of aromatic nitrogens is 3. The molecular weight excluding hydrogens is 494 g/mol. The molecule has 2 aromatic heterocycles. The number of amides is 1. The van der Waals surface area contributed by atoms with E-state index in [4.69, 9.17) is 18.1 Å². The van der Waals surface area contributed by atoms with Gasteiger partial charge < -0.3 is 23.4 Å². The molecule has 0 saturated carbocycles. The predicted molar refractivity (Wildman–Crippen MR) is 114 cm³/mol. The highest BCUT2D eigenvalue weighted by molar-refractivity contribution is 7.61. The van der Waals surface area contributed by atoms with E-state index in [0.717, 1.165) is 6.07 Å². The molecule has 1 aliphatic rings. The lowest BCUT2D eigenvalue weighted by Crippen LogP contribution is -2.23. The van der Waals surface area contributed by atoms with Crippen LogP contribution in [0.3, 0.4) is 0 Å². The lowest BCUT2D eigenvalue weighted by molar-refractivity contribution is 0.0947. The molecule has 1 amide bonds. The van der Waals surface area contributed by atoms with Crippen LogP contribution in [0.4, 0.5) is 0 Å². The normalized spacial score (nSPS) is 22.0. The molecule has 16 heteroatoms. The molecule has 2 atom stereocenters. The zero-order chi connectivity index (χ0) is 24.8. The number of phosphoric acid groups is 2. The number of aryl methyl sites for hydroxylation is 1. The summed E-state index contributed by atoms with van der Waals surface area (Å²) in [5.41, 5.74) is 0.338. The third-order valence-corrected chi connectivity index (χ3v) is 7.11. The predicted octanol–water partition coefficient (Wildman–Crippen LogP) is 3.56. The summed E-state index contributed by atoms with van der Waals surface area (Å²) in [4.78, 5) is 36.6. The summed E-state index contributed by atoms with van der Waals surface area (Å²) >= 11 is 0. The standard InChI is InChI=1S/C18H20N4O10P2/c1-5-19-18(23)15-14(17-20-9(4)28-22-17)16(29-21-15)11-6-10(8(2)3)12-7-13(11)31-34(26,27)32-33(24,25)30-12/h6-8H,5H2,1-4H3,(H,19,23)(H,24,25)(H,26,27). The molecule has 0 radical (unpaired) electrons. The molecule has 3 heterocycles. The number of rotatable bonds is 5. The lowest BCUT2D eigenvalue weighted by atomic mass is 9.96. The Balaban J connectivity index is 2.00. The van der Waals surface area contributed by atoms with Gasteiger partial charge in [0.15, 0.2) is 11.5 Å². The van der Waals surface area contributed by atoms with Crippen LogP contribution in [-0.4, -0.2) is 37.5 Å². The Bertz CT molecular complexity index is 1360. The average molecular weight is 514 g/mol. The number of hydrogen-bond acceptors (Lipinski definition) is 11. The molecule has 0 aliphatic carbocycles. The van der Waals surface area contributed by atoms with Crippen molar-refractivity contribution in [2.24, 2.45) is 0 Å². The van der Waals surface area contributed by atoms with Gasteiger partial charge in [0, 0.05) is 19.5 Å². The van der Waals surface area contributed by atoms with Crippen LogP contribution in [0.5, 0.6) is 11.5 Å². The fourth-order valence-electron chi connectivity index (χ4n) is 3.25. The fraction of sp³-hybridized carbons (Fsp3) is 0.333. The Morgan fingerprint density at radius 2 is 1.76 bits per heavy atom. The van der Waals surface area contributed by atoms with Crippen molar-refractivity contribution in [3.05, 3.63) is 29.3 Å². The van der Waals surface area contributed by atoms with Crippen LogP contribution in [0, 0.1) is 6.92 Å². The van der Waals surface area contributed by atoms with Gasteiger partial charge in [-0.3, -0.25) is 14.6 Å². The molecule has 2 bridgehead atoms. The molecule has 1 aliphatic heterocycles. The van der Waals surface area contributed by atoms with E-state index in [1.807, 2.05) is 0 Å². The van der Waals surface area contributed by atoms with Crippen molar-refractivity contribution >= 4 is 21.6 Å². The van der Waals surface area contributed by atoms with Crippen LogP contribution < -0.4 is 14.4 Å². The number of carbonyl (C=O) groups excluding carboxylic acids is 1. The zero-order valence-electron chi connectivity index (χ0n) is 18.3. The molecule has 0 saturated heterocycles. The maximum absolute atomic E-state index is 12.6. The van der Waals surface area contributed by atoms with E-state index >= 15 is 0 Å². The molecule has 14 nitrogen and oxygen atoms in total. The van der Waals surface area contributed by atoms with Gasteiger partial charge in [-0.15, -0.1) is 0 Å². The smallest absolute Gasteiger partial charge is 0.403 e. The minimum atomic E-state index is -5.11. The van der Waals surface area contributed by atoms with Gasteiger partial charge >= 0.3 is 15.6 Å². The van der Waals surface area contributed by atoms with E-state index in [1.54, 1.807) is 27.7 Å². The maximum Gasteiger partial charge on any atom is 0.537 e. The Hall–Kier alpha value is -3.02. The van der Waals surface area contributed by atoms with Gasteiger partial charge in [-0.1, -0.05) is 24.2 Å². The number of phosphoric ester groups is 2. The summed E-state index contributed by atoms with van der Waals surface area (Å²) in [6.45, 7) is 7.12. The molecule has 4 rings (SSSR count). The van der Waals surface area contributed by atoms with E-state index in [1.165, 1.54) is 6.07 Å². The quantitative estimate of drug-likeness (QED) is 0.418. The van der Waals surface area contributed by atoms with E-state index in [0.29, 0.717) is 12.1 Å². The largest absolute Gasteiger partial charge is 0.537 e. The molecule has 0 spiro atoms. The molecular formula is C18H20N4O10P2. The second-order valence-electron chi connectivity index (χ2n) is 7.47. The number of hydrogen-bond donors (Lipinski definition) is 3. The summed E-state index contributed by atoms with van der Waals surface area (Å²) in [5.74, 6) is -1.16. The van der Waals surface area contributed by atoms with E-state index in [9.17, 15) is 23.7 Å². The molecule has 0 fully saturated rings. The van der Waals surface area contributed by atoms with Crippen LogP contribution in [-0.2, 0) is 13.4 Å². The van der Waals surface area contributed by atoms with Crippen LogP contribution in [0.1, 0.15) is 48.6 Å². The molecule has 34 heavy (non-hydrogen) atoms. The second-order valence-corrected chi connectivity index (χ2v) is 10.4. The van der Waals surface area contributed by atoms with Gasteiger partial charge in [0.2, 0.25) is 11.7 Å². The fourth-order valence-corrected chi connectivity index (χ4v) is 5.37. The zero-order valence-corrected chi connectivity index (χ0v) is 20.1. The van der Waals surface area contributed by atoms with Gasteiger partial charge in [0.1, 0.15) is 17.1 Å². The van der Waals surface area contributed by atoms with E-state index in [2.05, 4.69) is 24.9 Å². The molecule has 2 unspecified atom stereocenters. The first-order chi connectivity index (χ1) is 15.9. The number of fused-ring (bicyclic) bond motifs is 2. The molecule has 3 aromatic rings. The van der Waals surface area contributed by atoms with Gasteiger partial charge in [0.25, 0.3) is 5.91 Å². The minimum Gasteiger partial charge on any atom is -0.403 e. The van der Waals surface area contributed by atoms with Crippen LogP contribution in [0.2, 0.25) is 0 Å².